The van der Waals surface area contributed by atoms with E-state index in [4.69, 9.17) is 25.8 Å². The summed E-state index contributed by atoms with van der Waals surface area (Å²) < 4.78 is 16.5. The molecule has 1 fully saturated rings. The SMILES string of the molecule is C[C@H]1[C@H](C)CCC[C@@H]1N(Cc1ccc2c(c1)OCO2)C(=O)Nc1cc2c(cc1Cl)NC(=O)CO2. The lowest BCUT2D eigenvalue weighted by Gasteiger charge is -2.41. The first-order valence-electron chi connectivity index (χ1n) is 11.6. The third kappa shape index (κ3) is 4.46. The maximum absolute atomic E-state index is 13.7. The highest BCUT2D eigenvalue weighted by Gasteiger charge is 2.35. The molecule has 5 rings (SSSR count). The van der Waals surface area contributed by atoms with E-state index in [2.05, 4.69) is 24.5 Å². The van der Waals surface area contributed by atoms with E-state index in [-0.39, 0.29) is 31.4 Å². The summed E-state index contributed by atoms with van der Waals surface area (Å²) in [6, 6.07) is 8.88. The van der Waals surface area contributed by atoms with Gasteiger partial charge in [0.1, 0.15) is 5.75 Å². The Bertz CT molecular complexity index is 1120. The van der Waals surface area contributed by atoms with Crippen LogP contribution in [0.15, 0.2) is 30.3 Å². The number of carbonyl (C=O) groups excluding carboxylic acids is 2. The van der Waals surface area contributed by atoms with Gasteiger partial charge in [-0.1, -0.05) is 44.4 Å². The van der Waals surface area contributed by atoms with Crippen molar-refractivity contribution in [3.8, 4) is 17.2 Å². The molecule has 2 aliphatic heterocycles. The fraction of sp³-hybridized carbons (Fsp3) is 0.440. The Kier molecular flexibility index (Phi) is 6.16. The number of urea groups is 1. The molecule has 8 nitrogen and oxygen atoms in total. The van der Waals surface area contributed by atoms with Crippen molar-refractivity contribution in [2.75, 3.05) is 24.0 Å². The number of nitrogens with one attached hydrogen (secondary N) is 2. The number of ether oxygens (including phenoxy) is 3. The molecule has 2 aromatic rings. The molecule has 180 valence electrons. The summed E-state index contributed by atoms with van der Waals surface area (Å²) >= 11 is 6.45. The van der Waals surface area contributed by atoms with E-state index in [9.17, 15) is 9.59 Å². The van der Waals surface area contributed by atoms with Crippen molar-refractivity contribution in [2.45, 2.75) is 45.7 Å². The number of benzene rings is 2. The number of rotatable bonds is 4. The van der Waals surface area contributed by atoms with Crippen LogP contribution in [0.5, 0.6) is 17.2 Å². The fourth-order valence-electron chi connectivity index (χ4n) is 4.95. The lowest BCUT2D eigenvalue weighted by Crippen LogP contribution is -2.48. The first-order valence-corrected chi connectivity index (χ1v) is 12.0. The molecule has 2 aromatic carbocycles. The van der Waals surface area contributed by atoms with Crippen LogP contribution >= 0.6 is 11.6 Å². The molecule has 1 saturated carbocycles. The summed E-state index contributed by atoms with van der Waals surface area (Å²) in [6.07, 6.45) is 3.18. The maximum atomic E-state index is 13.7. The highest BCUT2D eigenvalue weighted by atomic mass is 35.5. The number of hydrogen-bond acceptors (Lipinski definition) is 5. The second-order valence-electron chi connectivity index (χ2n) is 9.25. The van der Waals surface area contributed by atoms with Gasteiger partial charge in [-0.15, -0.1) is 0 Å². The zero-order valence-corrected chi connectivity index (χ0v) is 20.0. The van der Waals surface area contributed by atoms with Crippen LogP contribution in [-0.2, 0) is 11.3 Å². The normalized spacial score (nSPS) is 22.9. The standard InChI is InChI=1S/C25H28ClN3O5/c1-14-4-3-5-20(15(14)2)29(11-16-6-7-21-23(8-16)34-13-33-21)25(31)28-18-10-22-19(9-17(18)26)27-24(30)12-32-22/h6-10,14-15,20H,3-5,11-13H2,1-2H3,(H,27,30)(H,28,31)/t14-,15+,20+/m1/s1. The van der Waals surface area contributed by atoms with Gasteiger partial charge >= 0.3 is 6.03 Å². The van der Waals surface area contributed by atoms with Crippen LogP contribution in [0, 0.1) is 11.8 Å². The number of carbonyl (C=O) groups is 2. The predicted molar refractivity (Wildman–Crippen MR) is 129 cm³/mol. The second-order valence-corrected chi connectivity index (χ2v) is 9.65. The number of nitrogens with zero attached hydrogens (tertiary/aromatic N) is 1. The largest absolute Gasteiger partial charge is 0.482 e. The smallest absolute Gasteiger partial charge is 0.322 e. The van der Waals surface area contributed by atoms with E-state index >= 15 is 0 Å². The maximum Gasteiger partial charge on any atom is 0.322 e. The van der Waals surface area contributed by atoms with Crippen molar-refractivity contribution in [3.63, 3.8) is 0 Å². The van der Waals surface area contributed by atoms with E-state index in [0.717, 1.165) is 24.8 Å². The lowest BCUT2D eigenvalue weighted by atomic mass is 9.77. The summed E-state index contributed by atoms with van der Waals surface area (Å²) in [7, 11) is 0. The molecule has 9 heteroatoms. The molecule has 3 atom stereocenters. The Morgan fingerprint density at radius 2 is 1.94 bits per heavy atom. The zero-order valence-electron chi connectivity index (χ0n) is 19.2. The van der Waals surface area contributed by atoms with Gasteiger partial charge in [0, 0.05) is 18.7 Å². The highest BCUT2D eigenvalue weighted by molar-refractivity contribution is 6.34. The van der Waals surface area contributed by atoms with Gasteiger partial charge in [0.05, 0.1) is 16.4 Å². The molecular formula is C25H28ClN3O5. The number of anilines is 2. The van der Waals surface area contributed by atoms with Crippen molar-refractivity contribution in [2.24, 2.45) is 11.8 Å². The molecule has 2 heterocycles. The molecule has 0 saturated heterocycles. The monoisotopic (exact) mass is 485 g/mol. The van der Waals surface area contributed by atoms with Crippen LogP contribution in [-0.4, -0.2) is 36.3 Å². The Hall–Kier alpha value is -3.13. The highest BCUT2D eigenvalue weighted by Crippen LogP contribution is 2.39. The van der Waals surface area contributed by atoms with Crippen molar-refractivity contribution < 1.29 is 23.8 Å². The van der Waals surface area contributed by atoms with Crippen LogP contribution < -0.4 is 24.8 Å². The quantitative estimate of drug-likeness (QED) is 0.616. The zero-order chi connectivity index (χ0) is 23.8. The minimum atomic E-state index is -0.240. The average molecular weight is 486 g/mol. The molecule has 0 aromatic heterocycles. The van der Waals surface area contributed by atoms with Crippen LogP contribution in [0.4, 0.5) is 16.2 Å². The van der Waals surface area contributed by atoms with Gasteiger partial charge in [0.15, 0.2) is 18.1 Å². The molecule has 0 spiro atoms. The van der Waals surface area contributed by atoms with E-state index in [1.165, 1.54) is 0 Å². The van der Waals surface area contributed by atoms with E-state index < -0.39 is 0 Å². The minimum Gasteiger partial charge on any atom is -0.482 e. The van der Waals surface area contributed by atoms with Crippen molar-refractivity contribution in [1.29, 1.82) is 0 Å². The lowest BCUT2D eigenvalue weighted by molar-refractivity contribution is -0.118. The molecule has 2 N–H and O–H groups in total. The van der Waals surface area contributed by atoms with Crippen molar-refractivity contribution in [1.82, 2.24) is 4.90 Å². The third-order valence-electron chi connectivity index (χ3n) is 7.06. The van der Waals surface area contributed by atoms with Gasteiger partial charge in [0.2, 0.25) is 6.79 Å². The van der Waals surface area contributed by atoms with E-state index in [1.54, 1.807) is 12.1 Å². The van der Waals surface area contributed by atoms with E-state index in [1.807, 2.05) is 23.1 Å². The molecular weight excluding hydrogens is 458 g/mol. The van der Waals surface area contributed by atoms with Gasteiger partial charge in [0.25, 0.3) is 5.91 Å². The van der Waals surface area contributed by atoms with Crippen LogP contribution in [0.25, 0.3) is 0 Å². The Labute approximate surface area is 203 Å². The molecule has 0 unspecified atom stereocenters. The summed E-state index contributed by atoms with van der Waals surface area (Å²) in [5.74, 6) is 2.52. The van der Waals surface area contributed by atoms with Gasteiger partial charge in [-0.25, -0.2) is 4.79 Å². The number of fused-ring (bicyclic) bond motifs is 2. The molecule has 34 heavy (non-hydrogen) atoms. The first kappa shape index (κ1) is 22.7. The summed E-state index contributed by atoms with van der Waals surface area (Å²) in [4.78, 5) is 27.2. The minimum absolute atomic E-state index is 0.0737. The van der Waals surface area contributed by atoms with Gasteiger partial charge in [-0.05, 0) is 42.0 Å². The molecule has 0 bridgehead atoms. The summed E-state index contributed by atoms with van der Waals surface area (Å²) in [6.45, 7) is 5.03. The van der Waals surface area contributed by atoms with Crippen molar-refractivity contribution >= 4 is 34.9 Å². The summed E-state index contributed by atoms with van der Waals surface area (Å²) in [5.41, 5.74) is 1.90. The Morgan fingerprint density at radius 3 is 2.79 bits per heavy atom. The number of hydrogen-bond donors (Lipinski definition) is 2. The van der Waals surface area contributed by atoms with E-state index in [0.29, 0.717) is 52.0 Å². The van der Waals surface area contributed by atoms with Crippen LogP contribution in [0.3, 0.4) is 0 Å². The molecule has 0 radical (unpaired) electrons. The average Bonchev–Trinajstić information content (AvgIpc) is 3.28. The predicted octanol–water partition coefficient (Wildman–Crippen LogP) is 5.26. The Balaban J connectivity index is 1.41. The number of amides is 3. The second kappa shape index (κ2) is 9.25. The third-order valence-corrected chi connectivity index (χ3v) is 7.37. The molecule has 3 amide bonds. The van der Waals surface area contributed by atoms with Crippen LogP contribution in [0.1, 0.15) is 38.7 Å². The fourth-order valence-corrected chi connectivity index (χ4v) is 5.16. The van der Waals surface area contributed by atoms with Gasteiger partial charge in [-0.3, -0.25) is 4.79 Å². The Morgan fingerprint density at radius 1 is 1.12 bits per heavy atom. The molecule has 1 aliphatic carbocycles. The van der Waals surface area contributed by atoms with Gasteiger partial charge < -0.3 is 29.7 Å². The first-order chi connectivity index (χ1) is 16.4. The topological polar surface area (TPSA) is 89.1 Å². The number of halogens is 1. The van der Waals surface area contributed by atoms with Gasteiger partial charge in [-0.2, -0.15) is 0 Å². The molecule has 3 aliphatic rings. The van der Waals surface area contributed by atoms with Crippen molar-refractivity contribution in [3.05, 3.63) is 40.9 Å². The summed E-state index contributed by atoms with van der Waals surface area (Å²) in [5, 5.41) is 6.03. The van der Waals surface area contributed by atoms with Crippen LogP contribution in [0.2, 0.25) is 5.02 Å².